The first-order chi connectivity index (χ1) is 13.1. The maximum atomic E-state index is 12.2. The number of aromatic amines is 1. The minimum absolute atomic E-state index is 0.0715. The molecule has 3 aromatic rings. The average molecular weight is 368 g/mol. The smallest absolute Gasteiger partial charge is 0.323 e. The van der Waals surface area contributed by atoms with E-state index < -0.39 is 6.04 Å². The summed E-state index contributed by atoms with van der Waals surface area (Å²) in [7, 11) is 1.38. The Bertz CT molecular complexity index is 1000. The molecular formula is C20H20N2O5. The molecule has 3 heterocycles. The summed E-state index contributed by atoms with van der Waals surface area (Å²) in [6, 6.07) is 10.8. The van der Waals surface area contributed by atoms with Crippen LogP contribution >= 0.6 is 0 Å². The number of esters is 2. The van der Waals surface area contributed by atoms with Gasteiger partial charge in [0.25, 0.3) is 0 Å². The van der Waals surface area contributed by atoms with E-state index >= 15 is 0 Å². The Hall–Kier alpha value is -3.06. The van der Waals surface area contributed by atoms with Crippen LogP contribution in [0.1, 0.15) is 35.7 Å². The molecule has 0 spiro atoms. The van der Waals surface area contributed by atoms with Gasteiger partial charge in [-0.1, -0.05) is 18.2 Å². The highest BCUT2D eigenvalue weighted by Crippen LogP contribution is 2.36. The fraction of sp³-hybridized carbons (Fsp3) is 0.300. The number of benzene rings is 1. The zero-order valence-corrected chi connectivity index (χ0v) is 15.1. The minimum Gasteiger partial charge on any atom is -0.468 e. The molecule has 7 heteroatoms. The van der Waals surface area contributed by atoms with E-state index in [4.69, 9.17) is 13.9 Å². The van der Waals surface area contributed by atoms with Crippen molar-refractivity contribution < 1.29 is 23.5 Å². The van der Waals surface area contributed by atoms with E-state index in [1.54, 1.807) is 6.07 Å². The summed E-state index contributed by atoms with van der Waals surface area (Å²) in [5, 5.41) is 4.39. The quantitative estimate of drug-likeness (QED) is 0.688. The second-order valence-electron chi connectivity index (χ2n) is 6.53. The van der Waals surface area contributed by atoms with Crippen LogP contribution in [0.15, 0.2) is 40.8 Å². The van der Waals surface area contributed by atoms with Gasteiger partial charge in [-0.3, -0.25) is 14.9 Å². The van der Waals surface area contributed by atoms with E-state index in [1.165, 1.54) is 14.0 Å². The van der Waals surface area contributed by atoms with E-state index in [1.807, 2.05) is 30.3 Å². The lowest BCUT2D eigenvalue weighted by Gasteiger charge is -2.28. The van der Waals surface area contributed by atoms with Crippen LogP contribution in [0.3, 0.4) is 0 Å². The normalized spacial score (nSPS) is 18.9. The van der Waals surface area contributed by atoms with E-state index in [9.17, 15) is 9.59 Å². The number of furan rings is 1. The molecule has 0 fully saturated rings. The molecule has 2 aromatic heterocycles. The third kappa shape index (κ3) is 3.21. The number of hydrogen-bond acceptors (Lipinski definition) is 6. The van der Waals surface area contributed by atoms with Gasteiger partial charge in [-0.05, 0) is 23.8 Å². The number of aromatic nitrogens is 1. The van der Waals surface area contributed by atoms with Gasteiger partial charge in [-0.2, -0.15) is 0 Å². The first-order valence-electron chi connectivity index (χ1n) is 8.72. The Balaban J connectivity index is 1.73. The summed E-state index contributed by atoms with van der Waals surface area (Å²) in [5.41, 5.74) is 3.04. The van der Waals surface area contributed by atoms with Crippen molar-refractivity contribution in [3.8, 4) is 0 Å². The Morgan fingerprint density at radius 2 is 2.04 bits per heavy atom. The number of hydrogen-bond donors (Lipinski definition) is 2. The van der Waals surface area contributed by atoms with Crippen molar-refractivity contribution in [2.24, 2.45) is 0 Å². The van der Waals surface area contributed by atoms with Crippen LogP contribution in [-0.4, -0.2) is 30.1 Å². The van der Waals surface area contributed by atoms with Gasteiger partial charge in [-0.15, -0.1) is 0 Å². The molecule has 2 N–H and O–H groups in total. The first-order valence-corrected chi connectivity index (χ1v) is 8.72. The van der Waals surface area contributed by atoms with Gasteiger partial charge in [0.2, 0.25) is 0 Å². The summed E-state index contributed by atoms with van der Waals surface area (Å²) in [6.07, 6.45) is 0.531. The topological polar surface area (TPSA) is 93.6 Å². The fourth-order valence-electron chi connectivity index (χ4n) is 3.55. The molecule has 0 saturated carbocycles. The molecule has 4 rings (SSSR count). The summed E-state index contributed by atoms with van der Waals surface area (Å²) in [5.74, 6) is 0.494. The number of carbonyl (C=O) groups excluding carboxylic acids is 2. The summed E-state index contributed by atoms with van der Waals surface area (Å²) >= 11 is 0. The second-order valence-corrected chi connectivity index (χ2v) is 6.53. The maximum absolute atomic E-state index is 12.2. The number of carbonyl (C=O) groups is 2. The van der Waals surface area contributed by atoms with Gasteiger partial charge in [0.1, 0.15) is 30.2 Å². The lowest BCUT2D eigenvalue weighted by atomic mass is 9.93. The largest absolute Gasteiger partial charge is 0.468 e. The van der Waals surface area contributed by atoms with Crippen molar-refractivity contribution in [3.63, 3.8) is 0 Å². The zero-order valence-electron chi connectivity index (χ0n) is 15.1. The number of nitrogens with one attached hydrogen (secondary N) is 2. The van der Waals surface area contributed by atoms with E-state index in [0.29, 0.717) is 17.9 Å². The third-order valence-electron chi connectivity index (χ3n) is 4.78. The van der Waals surface area contributed by atoms with Crippen molar-refractivity contribution in [2.45, 2.75) is 32.0 Å². The van der Waals surface area contributed by atoms with Crippen LogP contribution in [0.2, 0.25) is 0 Å². The van der Waals surface area contributed by atoms with Crippen LogP contribution in [-0.2, 0) is 32.1 Å². The lowest BCUT2D eigenvalue weighted by molar-refractivity contribution is -0.144. The molecule has 0 saturated heterocycles. The van der Waals surface area contributed by atoms with E-state index in [-0.39, 0.29) is 24.6 Å². The average Bonchev–Trinajstić information content (AvgIpc) is 3.29. The zero-order chi connectivity index (χ0) is 19.0. The number of fused-ring (bicyclic) bond motifs is 3. The highest BCUT2D eigenvalue weighted by molar-refractivity contribution is 5.87. The molecule has 27 heavy (non-hydrogen) atoms. The summed E-state index contributed by atoms with van der Waals surface area (Å²) in [6.45, 7) is 1.42. The third-order valence-corrected chi connectivity index (χ3v) is 4.78. The molecular weight excluding hydrogens is 348 g/mol. The number of methoxy groups -OCH3 is 1. The predicted molar refractivity (Wildman–Crippen MR) is 97.0 cm³/mol. The lowest BCUT2D eigenvalue weighted by Crippen LogP contribution is -2.45. The Morgan fingerprint density at radius 1 is 1.22 bits per heavy atom. The van der Waals surface area contributed by atoms with Crippen LogP contribution in [0.4, 0.5) is 0 Å². The molecule has 0 bridgehead atoms. The number of ether oxygens (including phenoxy) is 2. The van der Waals surface area contributed by atoms with Crippen molar-refractivity contribution in [1.29, 1.82) is 0 Å². The van der Waals surface area contributed by atoms with Crippen LogP contribution in [0, 0.1) is 0 Å². The first kappa shape index (κ1) is 17.4. The number of rotatable bonds is 4. The standard InChI is InChI=1S/C20H20N2O5/c1-11(23)26-10-12-7-8-17(27-12)19-18-14(9-16(22-19)20(24)25-2)13-5-3-4-6-15(13)21-18/h3-8,16,19,21-22H,9-10H2,1-2H3. The minimum atomic E-state index is -0.478. The maximum Gasteiger partial charge on any atom is 0.323 e. The number of H-pyrrole nitrogens is 1. The molecule has 0 aliphatic carbocycles. The summed E-state index contributed by atoms with van der Waals surface area (Å²) in [4.78, 5) is 26.7. The highest BCUT2D eigenvalue weighted by Gasteiger charge is 2.35. The molecule has 7 nitrogen and oxygen atoms in total. The van der Waals surface area contributed by atoms with Gasteiger partial charge in [-0.25, -0.2) is 0 Å². The second kappa shape index (κ2) is 6.92. The van der Waals surface area contributed by atoms with Crippen molar-refractivity contribution in [2.75, 3.05) is 7.11 Å². The van der Waals surface area contributed by atoms with Gasteiger partial charge in [0, 0.05) is 29.9 Å². The molecule has 2 atom stereocenters. The Labute approximate surface area is 155 Å². The number of para-hydroxylation sites is 1. The van der Waals surface area contributed by atoms with E-state index in [2.05, 4.69) is 10.3 Å². The van der Waals surface area contributed by atoms with Crippen molar-refractivity contribution in [1.82, 2.24) is 10.3 Å². The van der Waals surface area contributed by atoms with Gasteiger partial charge in [0.05, 0.1) is 7.11 Å². The van der Waals surface area contributed by atoms with Crippen LogP contribution in [0.25, 0.3) is 10.9 Å². The van der Waals surface area contributed by atoms with Gasteiger partial charge in [0.15, 0.2) is 0 Å². The van der Waals surface area contributed by atoms with E-state index in [0.717, 1.165) is 22.2 Å². The van der Waals surface area contributed by atoms with Crippen LogP contribution < -0.4 is 5.32 Å². The molecule has 1 aliphatic heterocycles. The Kier molecular flexibility index (Phi) is 4.45. The van der Waals surface area contributed by atoms with Gasteiger partial charge >= 0.3 is 11.9 Å². The Morgan fingerprint density at radius 3 is 2.81 bits per heavy atom. The molecule has 140 valence electrons. The van der Waals surface area contributed by atoms with Crippen molar-refractivity contribution in [3.05, 3.63) is 59.2 Å². The van der Waals surface area contributed by atoms with Crippen LogP contribution in [0.5, 0.6) is 0 Å². The molecule has 0 radical (unpaired) electrons. The summed E-state index contributed by atoms with van der Waals surface area (Å²) < 4.78 is 15.8. The molecule has 0 amide bonds. The van der Waals surface area contributed by atoms with Crippen molar-refractivity contribution >= 4 is 22.8 Å². The molecule has 1 aromatic carbocycles. The fourth-order valence-corrected chi connectivity index (χ4v) is 3.55. The SMILES string of the molecule is COC(=O)C1Cc2c([nH]c3ccccc23)C(c2ccc(COC(C)=O)o2)N1. The predicted octanol–water partition coefficient (Wildman–Crippen LogP) is 2.60. The highest BCUT2D eigenvalue weighted by atomic mass is 16.5. The monoisotopic (exact) mass is 368 g/mol. The van der Waals surface area contributed by atoms with Gasteiger partial charge < -0.3 is 18.9 Å². The molecule has 1 aliphatic rings. The molecule has 2 unspecified atom stereocenters.